The molecule has 1 rings (SSSR count). The van der Waals surface area contributed by atoms with E-state index < -0.39 is 0 Å². The van der Waals surface area contributed by atoms with Crippen LogP contribution in [0.3, 0.4) is 0 Å². The van der Waals surface area contributed by atoms with E-state index in [0.717, 1.165) is 12.6 Å². The number of hydrogen-bond acceptors (Lipinski definition) is 3. The molecule has 0 saturated carbocycles. The molecule has 1 aliphatic rings. The highest BCUT2D eigenvalue weighted by atomic mass is 16.5. The van der Waals surface area contributed by atoms with Gasteiger partial charge in [-0.15, -0.1) is 0 Å². The van der Waals surface area contributed by atoms with E-state index >= 15 is 0 Å². The Kier molecular flexibility index (Phi) is 8.62. The summed E-state index contributed by atoms with van der Waals surface area (Å²) in [7, 11) is 4.10. The maximum absolute atomic E-state index is 5.67. The first kappa shape index (κ1) is 16.9. The Balaban J connectivity index is 2.02. The fourth-order valence-electron chi connectivity index (χ4n) is 3.13. The van der Waals surface area contributed by atoms with Gasteiger partial charge in [0.25, 0.3) is 0 Å². The van der Waals surface area contributed by atoms with Crippen LogP contribution in [0.25, 0.3) is 0 Å². The molecule has 0 spiro atoms. The molecule has 114 valence electrons. The fourth-order valence-corrected chi connectivity index (χ4v) is 3.13. The maximum atomic E-state index is 5.67. The van der Waals surface area contributed by atoms with E-state index in [2.05, 4.69) is 14.0 Å². The van der Waals surface area contributed by atoms with Gasteiger partial charge >= 0.3 is 0 Å². The van der Waals surface area contributed by atoms with Crippen molar-refractivity contribution < 1.29 is 18.7 Å². The Morgan fingerprint density at radius 2 is 1.74 bits per heavy atom. The van der Waals surface area contributed by atoms with Crippen molar-refractivity contribution in [2.24, 2.45) is 0 Å². The smallest absolute Gasteiger partial charge is 0.0912 e. The Labute approximate surface area is 118 Å². The zero-order valence-electron chi connectivity index (χ0n) is 13.0. The Bertz CT molecular complexity index is 225. The van der Waals surface area contributed by atoms with E-state index in [0.29, 0.717) is 26.4 Å². The number of likely N-dealkylation sites (tertiary alicyclic amines) is 1. The number of hydrogen-bond donors (Lipinski definition) is 0. The van der Waals surface area contributed by atoms with E-state index in [1.54, 1.807) is 7.11 Å². The molecule has 0 aromatic rings. The van der Waals surface area contributed by atoms with Gasteiger partial charge in [-0.3, -0.25) is 0 Å². The zero-order valence-corrected chi connectivity index (χ0v) is 13.0. The lowest BCUT2D eigenvalue weighted by Gasteiger charge is -2.36. The van der Waals surface area contributed by atoms with Crippen molar-refractivity contribution >= 4 is 0 Å². The molecule has 1 heterocycles. The van der Waals surface area contributed by atoms with Crippen molar-refractivity contribution in [3.05, 3.63) is 0 Å². The highest BCUT2D eigenvalue weighted by Gasteiger charge is 2.36. The molecule has 0 N–H and O–H groups in total. The summed E-state index contributed by atoms with van der Waals surface area (Å²) < 4.78 is 17.2. The number of methoxy groups -OCH3 is 1. The van der Waals surface area contributed by atoms with Gasteiger partial charge in [-0.2, -0.15) is 0 Å². The number of rotatable bonds is 11. The third kappa shape index (κ3) is 6.21. The van der Waals surface area contributed by atoms with E-state index in [9.17, 15) is 0 Å². The summed E-state index contributed by atoms with van der Waals surface area (Å²) in [4.78, 5) is 0. The predicted octanol–water partition coefficient (Wildman–Crippen LogP) is 2.08. The molecule has 0 radical (unpaired) electrons. The van der Waals surface area contributed by atoms with Crippen LogP contribution in [0, 0.1) is 0 Å². The molecule has 0 aromatic carbocycles. The third-order valence-corrected chi connectivity index (χ3v) is 4.22. The number of quaternary nitrogens is 1. The van der Waals surface area contributed by atoms with Gasteiger partial charge in [0.05, 0.1) is 59.2 Å². The van der Waals surface area contributed by atoms with Crippen molar-refractivity contribution in [2.75, 3.05) is 60.3 Å². The summed E-state index contributed by atoms with van der Waals surface area (Å²) in [6.45, 7) is 8.51. The van der Waals surface area contributed by atoms with Crippen LogP contribution in [0.5, 0.6) is 0 Å². The molecular formula is C15H32NO3+. The lowest BCUT2D eigenvalue weighted by molar-refractivity contribution is -0.921. The molecule has 0 bridgehead atoms. The molecule has 2 atom stereocenters. The maximum Gasteiger partial charge on any atom is 0.0912 e. The highest BCUT2D eigenvalue weighted by molar-refractivity contribution is 4.67. The Hall–Kier alpha value is -0.160. The van der Waals surface area contributed by atoms with E-state index in [-0.39, 0.29) is 0 Å². The van der Waals surface area contributed by atoms with Crippen LogP contribution in [0.15, 0.2) is 0 Å². The topological polar surface area (TPSA) is 27.7 Å². The van der Waals surface area contributed by atoms with Gasteiger partial charge in [0.15, 0.2) is 0 Å². The third-order valence-electron chi connectivity index (χ3n) is 4.22. The highest BCUT2D eigenvalue weighted by Crippen LogP contribution is 2.27. The molecule has 4 nitrogen and oxygen atoms in total. The van der Waals surface area contributed by atoms with Crippen LogP contribution in [0.2, 0.25) is 0 Å². The summed E-state index contributed by atoms with van der Waals surface area (Å²) in [6.07, 6.45) is 5.21. The lowest BCUT2D eigenvalue weighted by Crippen LogP contribution is -2.48. The van der Waals surface area contributed by atoms with Gasteiger partial charge in [-0.1, -0.05) is 6.92 Å². The van der Waals surface area contributed by atoms with E-state index in [1.165, 1.54) is 43.3 Å². The minimum absolute atomic E-state index is 0.661. The van der Waals surface area contributed by atoms with Gasteiger partial charge in [-0.25, -0.2) is 0 Å². The first-order chi connectivity index (χ1) is 9.23. The largest absolute Gasteiger partial charge is 0.382 e. The molecular weight excluding hydrogens is 242 g/mol. The van der Waals surface area contributed by atoms with Crippen LogP contribution < -0.4 is 0 Å². The summed E-state index contributed by atoms with van der Waals surface area (Å²) >= 11 is 0. The van der Waals surface area contributed by atoms with Crippen molar-refractivity contribution in [3.8, 4) is 0 Å². The second kappa shape index (κ2) is 9.70. The molecule has 1 saturated heterocycles. The molecule has 1 fully saturated rings. The normalized spacial score (nSPS) is 27.0. The quantitative estimate of drug-likeness (QED) is 0.426. The predicted molar refractivity (Wildman–Crippen MR) is 77.4 cm³/mol. The van der Waals surface area contributed by atoms with Gasteiger partial charge in [0.1, 0.15) is 0 Å². The molecule has 1 aliphatic heterocycles. The SMILES string of the molecule is CCC[N+]1(C)CCCC1CCOCCOCCOC. The van der Waals surface area contributed by atoms with Gasteiger partial charge in [-0.05, 0) is 6.42 Å². The van der Waals surface area contributed by atoms with E-state index in [1.807, 2.05) is 0 Å². The lowest BCUT2D eigenvalue weighted by atomic mass is 10.1. The van der Waals surface area contributed by atoms with Crippen molar-refractivity contribution in [3.63, 3.8) is 0 Å². The van der Waals surface area contributed by atoms with Crippen LogP contribution in [-0.2, 0) is 14.2 Å². The van der Waals surface area contributed by atoms with Crippen LogP contribution >= 0.6 is 0 Å². The molecule has 2 unspecified atom stereocenters. The fraction of sp³-hybridized carbons (Fsp3) is 1.00. The minimum Gasteiger partial charge on any atom is -0.382 e. The Morgan fingerprint density at radius 1 is 1.05 bits per heavy atom. The molecule has 4 heteroatoms. The summed E-state index contributed by atoms with van der Waals surface area (Å²) in [5.41, 5.74) is 0. The van der Waals surface area contributed by atoms with Gasteiger partial charge in [0, 0.05) is 26.4 Å². The second-order valence-electron chi connectivity index (χ2n) is 5.73. The van der Waals surface area contributed by atoms with E-state index in [4.69, 9.17) is 14.2 Å². The molecule has 19 heavy (non-hydrogen) atoms. The van der Waals surface area contributed by atoms with Gasteiger partial charge in [0.2, 0.25) is 0 Å². The molecule has 0 amide bonds. The number of nitrogens with zero attached hydrogens (tertiary/aromatic N) is 1. The monoisotopic (exact) mass is 274 g/mol. The first-order valence-electron chi connectivity index (χ1n) is 7.71. The first-order valence-corrected chi connectivity index (χ1v) is 7.71. The van der Waals surface area contributed by atoms with Gasteiger partial charge < -0.3 is 18.7 Å². The average Bonchev–Trinajstić information content (AvgIpc) is 2.74. The summed E-state index contributed by atoms with van der Waals surface area (Å²) in [6, 6.07) is 0.800. The number of ether oxygens (including phenoxy) is 3. The van der Waals surface area contributed by atoms with Crippen LogP contribution in [-0.4, -0.2) is 70.8 Å². The Morgan fingerprint density at radius 3 is 2.42 bits per heavy atom. The summed E-state index contributed by atoms with van der Waals surface area (Å²) in [5.74, 6) is 0. The van der Waals surface area contributed by atoms with Crippen molar-refractivity contribution in [1.82, 2.24) is 0 Å². The molecule has 0 aliphatic carbocycles. The van der Waals surface area contributed by atoms with Crippen LogP contribution in [0.4, 0.5) is 0 Å². The molecule has 0 aromatic heterocycles. The standard InChI is InChI=1S/C15H32NO3/c1-4-8-16(2)9-5-6-15(16)7-10-18-13-14-19-12-11-17-3/h15H,4-14H2,1-3H3/q+1. The second-order valence-corrected chi connectivity index (χ2v) is 5.73. The zero-order chi connectivity index (χ0) is 14.0. The average molecular weight is 274 g/mol. The summed E-state index contributed by atoms with van der Waals surface area (Å²) in [5, 5.41) is 0. The van der Waals surface area contributed by atoms with Crippen LogP contribution in [0.1, 0.15) is 32.6 Å². The van der Waals surface area contributed by atoms with Crippen molar-refractivity contribution in [1.29, 1.82) is 0 Å². The van der Waals surface area contributed by atoms with Crippen molar-refractivity contribution in [2.45, 2.75) is 38.6 Å². The minimum atomic E-state index is 0.661.